The number of hydrogen-bond donors (Lipinski definition) is 1. The summed E-state index contributed by atoms with van der Waals surface area (Å²) in [6.45, 7) is 9.09. The van der Waals surface area contributed by atoms with Crippen LogP contribution in [0, 0.1) is 0 Å². The molecule has 142 valence electrons. The monoisotopic (exact) mass is 382 g/mol. The summed E-state index contributed by atoms with van der Waals surface area (Å²) < 4.78 is 15.3. The summed E-state index contributed by atoms with van der Waals surface area (Å²) in [4.78, 5) is 23.3. The van der Waals surface area contributed by atoms with Crippen molar-refractivity contribution >= 4 is 23.5 Å². The topological polar surface area (TPSA) is 82.1 Å². The van der Waals surface area contributed by atoms with Gasteiger partial charge in [0.2, 0.25) is 0 Å². The van der Waals surface area contributed by atoms with Crippen LogP contribution in [0.25, 0.3) is 0 Å². The maximum absolute atomic E-state index is 11.8. The summed E-state index contributed by atoms with van der Waals surface area (Å²) in [5.41, 5.74) is 0.550. The second-order valence-corrected chi connectivity index (χ2v) is 5.69. The lowest BCUT2D eigenvalue weighted by Gasteiger charge is -2.17. The van der Waals surface area contributed by atoms with Crippen LogP contribution in [0.4, 0.5) is 0 Å². The molecular weight excluding hydrogens is 360 g/mol. The van der Waals surface area contributed by atoms with Gasteiger partial charge < -0.3 is 19.3 Å². The molecule has 0 aliphatic carbocycles. The van der Waals surface area contributed by atoms with Crippen LogP contribution in [0.1, 0.15) is 32.4 Å². The van der Waals surface area contributed by atoms with Gasteiger partial charge in [0.15, 0.2) is 0 Å². The first-order chi connectivity index (χ1) is 12.3. The summed E-state index contributed by atoms with van der Waals surface area (Å²) in [6.07, 6.45) is 0.223. The van der Waals surface area contributed by atoms with Gasteiger partial charge in [-0.15, -0.1) is 0 Å². The minimum Gasteiger partial charge on any atom is -0.489 e. The molecule has 0 bridgehead atoms. The second kappa shape index (κ2) is 10.6. The number of halogens is 1. The number of rotatable bonds is 9. The number of esters is 2. The van der Waals surface area contributed by atoms with Gasteiger partial charge in [0.05, 0.1) is 18.8 Å². The second-order valence-electron chi connectivity index (χ2n) is 5.25. The van der Waals surface area contributed by atoms with Gasteiger partial charge in [-0.3, -0.25) is 0 Å². The predicted molar refractivity (Wildman–Crippen MR) is 98.1 cm³/mol. The van der Waals surface area contributed by atoms with Gasteiger partial charge in [0.1, 0.15) is 18.5 Å². The highest BCUT2D eigenvalue weighted by Crippen LogP contribution is 2.32. The van der Waals surface area contributed by atoms with E-state index in [0.717, 1.165) is 0 Å². The zero-order valence-electron chi connectivity index (χ0n) is 15.1. The van der Waals surface area contributed by atoms with Crippen LogP contribution in [0.2, 0.25) is 5.02 Å². The molecule has 0 aliphatic heterocycles. The molecule has 0 saturated carbocycles. The molecule has 0 aliphatic rings. The number of carbonyl (C=O) groups is 2. The molecule has 0 saturated heterocycles. The maximum Gasteiger partial charge on any atom is 0.336 e. The van der Waals surface area contributed by atoms with Gasteiger partial charge in [0.25, 0.3) is 0 Å². The normalized spacial score (nSPS) is 12.3. The van der Waals surface area contributed by atoms with E-state index in [-0.39, 0.29) is 31.0 Å². The molecule has 7 heteroatoms. The average Bonchev–Trinajstić information content (AvgIpc) is 2.61. The number of benzene rings is 1. The van der Waals surface area contributed by atoms with E-state index >= 15 is 0 Å². The van der Waals surface area contributed by atoms with Crippen LogP contribution in [0.3, 0.4) is 0 Å². The Morgan fingerprint density at radius 2 is 1.85 bits per heavy atom. The Bertz CT molecular complexity index is 695. The van der Waals surface area contributed by atoms with Gasteiger partial charge in [-0.25, -0.2) is 9.59 Å². The van der Waals surface area contributed by atoms with Crippen LogP contribution < -0.4 is 4.74 Å². The molecule has 0 heterocycles. The average molecular weight is 383 g/mol. The Morgan fingerprint density at radius 1 is 1.23 bits per heavy atom. The van der Waals surface area contributed by atoms with E-state index in [0.29, 0.717) is 16.3 Å². The molecule has 1 aromatic carbocycles. The fourth-order valence-electron chi connectivity index (χ4n) is 1.97. The Kier molecular flexibility index (Phi) is 8.88. The quantitative estimate of drug-likeness (QED) is 0.520. The highest BCUT2D eigenvalue weighted by atomic mass is 35.5. The molecule has 1 unspecified atom stereocenters. The highest BCUT2D eigenvalue weighted by molar-refractivity contribution is 6.30. The molecule has 26 heavy (non-hydrogen) atoms. The predicted octanol–water partition coefficient (Wildman–Crippen LogP) is 3.38. The molecule has 1 N–H and O–H groups in total. The third-order valence-corrected chi connectivity index (χ3v) is 3.59. The van der Waals surface area contributed by atoms with E-state index in [1.54, 1.807) is 39.0 Å². The Labute approximate surface area is 158 Å². The first kappa shape index (κ1) is 21.7. The van der Waals surface area contributed by atoms with Crippen molar-refractivity contribution in [1.82, 2.24) is 0 Å². The summed E-state index contributed by atoms with van der Waals surface area (Å²) in [5.74, 6) is -0.826. The smallest absolute Gasteiger partial charge is 0.336 e. The third-order valence-electron chi connectivity index (χ3n) is 3.36. The van der Waals surface area contributed by atoms with Gasteiger partial charge in [-0.05, 0) is 45.0 Å². The van der Waals surface area contributed by atoms with Gasteiger partial charge in [-0.2, -0.15) is 0 Å². The third kappa shape index (κ3) is 6.20. The Hall–Kier alpha value is -2.31. The molecule has 0 amide bonds. The van der Waals surface area contributed by atoms with E-state index in [9.17, 15) is 14.7 Å². The van der Waals surface area contributed by atoms with Gasteiger partial charge in [-0.1, -0.05) is 18.2 Å². The van der Waals surface area contributed by atoms with E-state index in [2.05, 4.69) is 6.58 Å². The largest absolute Gasteiger partial charge is 0.489 e. The van der Waals surface area contributed by atoms with E-state index in [1.807, 2.05) is 0 Å². The molecular formula is C19H23ClO6. The van der Waals surface area contributed by atoms with Crippen molar-refractivity contribution in [2.24, 2.45) is 0 Å². The van der Waals surface area contributed by atoms with Crippen LogP contribution in [0.5, 0.6) is 5.75 Å². The number of carbonyl (C=O) groups excluding carboxylic acids is 2. The first-order valence-corrected chi connectivity index (χ1v) is 8.49. The van der Waals surface area contributed by atoms with Crippen molar-refractivity contribution in [1.29, 1.82) is 0 Å². The van der Waals surface area contributed by atoms with E-state index in [1.165, 1.54) is 6.07 Å². The fourth-order valence-corrected chi connectivity index (χ4v) is 2.15. The van der Waals surface area contributed by atoms with Crippen molar-refractivity contribution in [3.8, 4) is 5.75 Å². The van der Waals surface area contributed by atoms with Gasteiger partial charge >= 0.3 is 11.9 Å². The maximum atomic E-state index is 11.8. The lowest BCUT2D eigenvalue weighted by molar-refractivity contribution is -0.140. The molecule has 0 fully saturated rings. The molecule has 1 atom stereocenters. The van der Waals surface area contributed by atoms with Crippen molar-refractivity contribution in [3.05, 3.63) is 52.6 Å². The van der Waals surface area contributed by atoms with Crippen LogP contribution >= 0.6 is 11.6 Å². The van der Waals surface area contributed by atoms with Crippen molar-refractivity contribution in [3.63, 3.8) is 0 Å². The Morgan fingerprint density at radius 3 is 2.46 bits per heavy atom. The lowest BCUT2D eigenvalue weighted by Crippen LogP contribution is -2.15. The standard InChI is InChI=1S/C19H23ClO6/c1-5-24-18(22)12(3)9-10-26-16-8-7-14(20)11-15(16)17(21)13(4)19(23)25-6-2/h7-9,11,17,21H,4-6,10H2,1-3H3/b12-9+. The summed E-state index contributed by atoms with van der Waals surface area (Å²) in [5, 5.41) is 10.8. The molecule has 1 rings (SSSR count). The minimum absolute atomic E-state index is 0.0673. The van der Waals surface area contributed by atoms with Crippen LogP contribution in [0.15, 0.2) is 42.0 Å². The summed E-state index contributed by atoms with van der Waals surface area (Å²) in [7, 11) is 0. The zero-order valence-corrected chi connectivity index (χ0v) is 15.8. The van der Waals surface area contributed by atoms with Crippen LogP contribution in [-0.2, 0) is 19.1 Å². The molecule has 6 nitrogen and oxygen atoms in total. The number of ether oxygens (including phenoxy) is 3. The lowest BCUT2D eigenvalue weighted by atomic mass is 10.0. The molecule has 0 radical (unpaired) electrons. The Balaban J connectivity index is 2.94. The first-order valence-electron chi connectivity index (χ1n) is 8.11. The van der Waals surface area contributed by atoms with Crippen molar-refractivity contribution in [2.45, 2.75) is 26.9 Å². The summed E-state index contributed by atoms with van der Waals surface area (Å²) >= 11 is 5.98. The highest BCUT2D eigenvalue weighted by Gasteiger charge is 2.23. The molecule has 0 aromatic heterocycles. The molecule has 0 spiro atoms. The fraction of sp³-hybridized carbons (Fsp3) is 0.368. The minimum atomic E-state index is -1.34. The van der Waals surface area contributed by atoms with Crippen LogP contribution in [-0.4, -0.2) is 36.9 Å². The number of aliphatic hydroxyl groups is 1. The SMILES string of the molecule is C=C(C(=O)OCC)C(O)c1cc(Cl)ccc1OC/C=C(\C)C(=O)OCC. The number of hydrogen-bond acceptors (Lipinski definition) is 6. The van der Waals surface area contributed by atoms with E-state index in [4.69, 9.17) is 25.8 Å². The molecule has 1 aromatic rings. The zero-order chi connectivity index (χ0) is 19.7. The van der Waals surface area contributed by atoms with E-state index < -0.39 is 18.0 Å². The van der Waals surface area contributed by atoms with Gasteiger partial charge in [0, 0.05) is 16.2 Å². The number of aliphatic hydroxyl groups excluding tert-OH is 1. The summed E-state index contributed by atoms with van der Waals surface area (Å²) in [6, 6.07) is 4.63. The van der Waals surface area contributed by atoms with Crippen molar-refractivity contribution < 1.29 is 28.9 Å². The van der Waals surface area contributed by atoms with Crippen molar-refractivity contribution in [2.75, 3.05) is 19.8 Å².